The van der Waals surface area contributed by atoms with Gasteiger partial charge in [0.2, 0.25) is 11.9 Å². The van der Waals surface area contributed by atoms with Gasteiger partial charge >= 0.3 is 6.01 Å². The van der Waals surface area contributed by atoms with Crippen molar-refractivity contribution in [3.63, 3.8) is 0 Å². The predicted molar refractivity (Wildman–Crippen MR) is 83.9 cm³/mol. The standard InChI is InChI=1S/C14H27N5O2/c1-10(2)6-8-20-9-7-16-13-17-12(15-5)18-14(19-13)21-11(3)4/h10-11H,6-9H2,1-5H3,(H2,15,16,17,18,19). The molecule has 0 aliphatic rings. The molecule has 2 N–H and O–H groups in total. The zero-order valence-corrected chi connectivity index (χ0v) is 13.6. The van der Waals surface area contributed by atoms with Gasteiger partial charge in [-0.05, 0) is 26.2 Å². The summed E-state index contributed by atoms with van der Waals surface area (Å²) in [5.74, 6) is 1.62. The van der Waals surface area contributed by atoms with Crippen molar-refractivity contribution in [1.29, 1.82) is 0 Å². The van der Waals surface area contributed by atoms with Crippen molar-refractivity contribution < 1.29 is 9.47 Å². The molecule has 120 valence electrons. The zero-order chi connectivity index (χ0) is 15.7. The van der Waals surface area contributed by atoms with Gasteiger partial charge in [-0.3, -0.25) is 0 Å². The second kappa shape index (κ2) is 9.33. The van der Waals surface area contributed by atoms with Gasteiger partial charge in [0.25, 0.3) is 0 Å². The summed E-state index contributed by atoms with van der Waals surface area (Å²) in [7, 11) is 1.76. The normalized spacial score (nSPS) is 11.0. The van der Waals surface area contributed by atoms with Gasteiger partial charge in [0.05, 0.1) is 12.7 Å². The summed E-state index contributed by atoms with van der Waals surface area (Å²) in [5, 5.41) is 6.00. The summed E-state index contributed by atoms with van der Waals surface area (Å²) in [5.41, 5.74) is 0. The molecule has 0 unspecified atom stereocenters. The Kier molecular flexibility index (Phi) is 7.74. The Bertz CT molecular complexity index is 412. The Morgan fingerprint density at radius 3 is 2.33 bits per heavy atom. The number of nitrogens with one attached hydrogen (secondary N) is 2. The molecular weight excluding hydrogens is 270 g/mol. The van der Waals surface area contributed by atoms with Crippen LogP contribution in [-0.4, -0.2) is 47.9 Å². The number of hydrogen-bond acceptors (Lipinski definition) is 7. The van der Waals surface area contributed by atoms with E-state index < -0.39 is 0 Å². The van der Waals surface area contributed by atoms with E-state index in [0.717, 1.165) is 13.0 Å². The quantitative estimate of drug-likeness (QED) is 0.640. The maximum Gasteiger partial charge on any atom is 0.323 e. The van der Waals surface area contributed by atoms with Crippen molar-refractivity contribution >= 4 is 11.9 Å². The van der Waals surface area contributed by atoms with E-state index in [1.807, 2.05) is 13.8 Å². The smallest absolute Gasteiger partial charge is 0.323 e. The molecule has 7 nitrogen and oxygen atoms in total. The molecule has 0 saturated carbocycles. The third-order valence-corrected chi connectivity index (χ3v) is 2.55. The molecule has 0 bridgehead atoms. The van der Waals surface area contributed by atoms with Crippen LogP contribution >= 0.6 is 0 Å². The summed E-state index contributed by atoms with van der Waals surface area (Å²) >= 11 is 0. The first kappa shape index (κ1) is 17.4. The summed E-state index contributed by atoms with van der Waals surface area (Å²) in [6.07, 6.45) is 1.09. The fourth-order valence-corrected chi connectivity index (χ4v) is 1.47. The highest BCUT2D eigenvalue weighted by Gasteiger charge is 2.07. The molecule has 0 aliphatic heterocycles. The highest BCUT2D eigenvalue weighted by molar-refractivity contribution is 5.35. The van der Waals surface area contributed by atoms with Crippen molar-refractivity contribution in [1.82, 2.24) is 15.0 Å². The van der Waals surface area contributed by atoms with Crippen LogP contribution in [0.3, 0.4) is 0 Å². The first-order valence-electron chi connectivity index (χ1n) is 7.43. The van der Waals surface area contributed by atoms with Gasteiger partial charge in [-0.15, -0.1) is 0 Å². The summed E-state index contributed by atoms with van der Waals surface area (Å²) < 4.78 is 11.0. The van der Waals surface area contributed by atoms with Crippen LogP contribution in [0.25, 0.3) is 0 Å². The molecule has 0 saturated heterocycles. The third-order valence-electron chi connectivity index (χ3n) is 2.55. The van der Waals surface area contributed by atoms with Crippen LogP contribution in [-0.2, 0) is 4.74 Å². The summed E-state index contributed by atoms with van der Waals surface area (Å²) in [6, 6.07) is 0.313. The molecule has 0 aromatic carbocycles. The minimum Gasteiger partial charge on any atom is -0.461 e. The second-order valence-corrected chi connectivity index (χ2v) is 5.40. The van der Waals surface area contributed by atoms with Crippen molar-refractivity contribution in [3.05, 3.63) is 0 Å². The number of hydrogen-bond donors (Lipinski definition) is 2. The van der Waals surface area contributed by atoms with Crippen LogP contribution in [0.2, 0.25) is 0 Å². The number of aromatic nitrogens is 3. The Hall–Kier alpha value is -1.63. The average Bonchev–Trinajstić information content (AvgIpc) is 2.41. The monoisotopic (exact) mass is 297 g/mol. The lowest BCUT2D eigenvalue weighted by Crippen LogP contribution is -2.15. The maximum absolute atomic E-state index is 5.54. The molecule has 0 atom stereocenters. The molecule has 0 radical (unpaired) electrons. The first-order chi connectivity index (χ1) is 10.0. The zero-order valence-electron chi connectivity index (χ0n) is 13.6. The topological polar surface area (TPSA) is 81.2 Å². The van der Waals surface area contributed by atoms with Crippen LogP contribution < -0.4 is 15.4 Å². The molecule has 0 spiro atoms. The number of ether oxygens (including phenoxy) is 2. The molecule has 0 aliphatic carbocycles. The van der Waals surface area contributed by atoms with E-state index in [0.29, 0.717) is 37.0 Å². The number of nitrogens with zero attached hydrogens (tertiary/aromatic N) is 3. The van der Waals surface area contributed by atoms with Crippen molar-refractivity contribution in [3.8, 4) is 6.01 Å². The van der Waals surface area contributed by atoms with Gasteiger partial charge in [0.15, 0.2) is 0 Å². The highest BCUT2D eigenvalue weighted by Crippen LogP contribution is 2.11. The van der Waals surface area contributed by atoms with Crippen LogP contribution in [0.1, 0.15) is 34.1 Å². The fourth-order valence-electron chi connectivity index (χ4n) is 1.47. The van der Waals surface area contributed by atoms with Crippen LogP contribution in [0.4, 0.5) is 11.9 Å². The van der Waals surface area contributed by atoms with Gasteiger partial charge in [-0.1, -0.05) is 13.8 Å². The van der Waals surface area contributed by atoms with Crippen LogP contribution in [0.5, 0.6) is 6.01 Å². The maximum atomic E-state index is 5.54. The molecule has 7 heteroatoms. The van der Waals surface area contributed by atoms with E-state index in [1.165, 1.54) is 0 Å². The van der Waals surface area contributed by atoms with Crippen molar-refractivity contribution in [2.24, 2.45) is 5.92 Å². The number of anilines is 2. The molecule has 21 heavy (non-hydrogen) atoms. The van der Waals surface area contributed by atoms with Gasteiger partial charge in [-0.25, -0.2) is 0 Å². The van der Waals surface area contributed by atoms with E-state index in [2.05, 4.69) is 39.4 Å². The molecule has 1 aromatic heterocycles. The first-order valence-corrected chi connectivity index (χ1v) is 7.43. The van der Waals surface area contributed by atoms with E-state index in [9.17, 15) is 0 Å². The SMILES string of the molecule is CNc1nc(NCCOCCC(C)C)nc(OC(C)C)n1. The molecule has 0 fully saturated rings. The third kappa shape index (κ3) is 7.65. The minimum absolute atomic E-state index is 0.0179. The van der Waals surface area contributed by atoms with E-state index >= 15 is 0 Å². The lowest BCUT2D eigenvalue weighted by Gasteiger charge is -2.11. The highest BCUT2D eigenvalue weighted by atomic mass is 16.5. The van der Waals surface area contributed by atoms with Gasteiger partial charge in [-0.2, -0.15) is 15.0 Å². The predicted octanol–water partition coefficient (Wildman–Crippen LogP) is 2.18. The summed E-state index contributed by atoms with van der Waals surface area (Å²) in [6.45, 7) is 10.3. The van der Waals surface area contributed by atoms with Crippen LogP contribution in [0, 0.1) is 5.92 Å². The Balaban J connectivity index is 2.42. The van der Waals surface area contributed by atoms with Gasteiger partial charge in [0, 0.05) is 20.2 Å². The molecule has 1 aromatic rings. The van der Waals surface area contributed by atoms with E-state index in [-0.39, 0.29) is 6.10 Å². The Morgan fingerprint density at radius 2 is 1.71 bits per heavy atom. The largest absolute Gasteiger partial charge is 0.461 e. The lowest BCUT2D eigenvalue weighted by molar-refractivity contribution is 0.132. The minimum atomic E-state index is 0.0179. The molecule has 1 heterocycles. The van der Waals surface area contributed by atoms with Gasteiger partial charge < -0.3 is 20.1 Å². The van der Waals surface area contributed by atoms with Crippen molar-refractivity contribution in [2.75, 3.05) is 37.4 Å². The second-order valence-electron chi connectivity index (χ2n) is 5.40. The average molecular weight is 297 g/mol. The lowest BCUT2D eigenvalue weighted by atomic mass is 10.1. The Labute approximate surface area is 126 Å². The van der Waals surface area contributed by atoms with Crippen molar-refractivity contribution in [2.45, 2.75) is 40.2 Å². The van der Waals surface area contributed by atoms with Gasteiger partial charge in [0.1, 0.15) is 0 Å². The van der Waals surface area contributed by atoms with E-state index in [1.54, 1.807) is 7.05 Å². The van der Waals surface area contributed by atoms with E-state index in [4.69, 9.17) is 9.47 Å². The fraction of sp³-hybridized carbons (Fsp3) is 0.786. The Morgan fingerprint density at radius 1 is 1.00 bits per heavy atom. The summed E-state index contributed by atoms with van der Waals surface area (Å²) in [4.78, 5) is 12.6. The molecule has 1 rings (SSSR count). The molecular formula is C14H27N5O2. The number of rotatable bonds is 10. The molecule has 0 amide bonds. The van der Waals surface area contributed by atoms with Crippen LogP contribution in [0.15, 0.2) is 0 Å².